The lowest BCUT2D eigenvalue weighted by Gasteiger charge is -2.08. The Bertz CT molecular complexity index is 376. The molecule has 1 aliphatic carbocycles. The van der Waals surface area contributed by atoms with Crippen LogP contribution in [0.15, 0.2) is 18.2 Å². The third-order valence-electron chi connectivity index (χ3n) is 2.66. The van der Waals surface area contributed by atoms with Gasteiger partial charge in [-0.05, 0) is 30.0 Å². The molecule has 1 saturated carbocycles. The van der Waals surface area contributed by atoms with Crippen molar-refractivity contribution in [1.29, 1.82) is 0 Å². The Morgan fingerprint density at radius 1 is 1.43 bits per heavy atom. The number of benzene rings is 1. The number of Topliss-reactive ketones (excluding diaryl/α,β-unsaturated/α-hetero) is 1. The van der Waals surface area contributed by atoms with Gasteiger partial charge in [0.2, 0.25) is 0 Å². The fourth-order valence-corrected chi connectivity index (χ4v) is 1.98. The van der Waals surface area contributed by atoms with E-state index in [0.29, 0.717) is 12.8 Å². The van der Waals surface area contributed by atoms with E-state index in [1.165, 1.54) is 6.07 Å². The highest BCUT2D eigenvalue weighted by molar-refractivity contribution is 6.30. The van der Waals surface area contributed by atoms with Crippen LogP contribution in [0.4, 0.5) is 4.39 Å². The minimum Gasteiger partial charge on any atom is -0.300 e. The van der Waals surface area contributed by atoms with Crippen molar-refractivity contribution >= 4 is 17.4 Å². The molecule has 0 aliphatic heterocycles. The zero-order valence-corrected chi connectivity index (χ0v) is 8.35. The number of carbonyl (C=O) groups excluding carboxylic acids is 1. The number of rotatable bonds is 1. The van der Waals surface area contributed by atoms with Crippen LogP contribution in [0, 0.1) is 5.82 Å². The minimum absolute atomic E-state index is 0.137. The van der Waals surface area contributed by atoms with Gasteiger partial charge >= 0.3 is 0 Å². The topological polar surface area (TPSA) is 17.1 Å². The third-order valence-corrected chi connectivity index (χ3v) is 2.97. The summed E-state index contributed by atoms with van der Waals surface area (Å²) in [6.45, 7) is 0. The van der Waals surface area contributed by atoms with E-state index in [9.17, 15) is 9.18 Å². The summed E-state index contributed by atoms with van der Waals surface area (Å²) in [5.41, 5.74) is 0.887. The summed E-state index contributed by atoms with van der Waals surface area (Å²) in [5.74, 6) is 0.0585. The van der Waals surface area contributed by atoms with E-state index in [-0.39, 0.29) is 16.7 Å². The molecule has 1 atom stereocenters. The smallest absolute Gasteiger partial charge is 0.142 e. The lowest BCUT2D eigenvalue weighted by molar-refractivity contribution is -0.117. The third kappa shape index (κ3) is 1.80. The van der Waals surface area contributed by atoms with Gasteiger partial charge in [-0.3, -0.25) is 4.79 Å². The first-order chi connectivity index (χ1) is 6.66. The second-order valence-electron chi connectivity index (χ2n) is 3.65. The summed E-state index contributed by atoms with van der Waals surface area (Å²) >= 11 is 5.57. The Kier molecular flexibility index (Phi) is 2.55. The molecule has 0 unspecified atom stereocenters. The lowest BCUT2D eigenvalue weighted by atomic mass is 9.98. The van der Waals surface area contributed by atoms with E-state index >= 15 is 0 Å². The van der Waals surface area contributed by atoms with Gasteiger partial charge in [0, 0.05) is 12.8 Å². The molecule has 0 heterocycles. The Balaban J connectivity index is 2.24. The molecule has 0 N–H and O–H groups in total. The van der Waals surface area contributed by atoms with E-state index in [1.807, 2.05) is 0 Å². The van der Waals surface area contributed by atoms with Crippen molar-refractivity contribution < 1.29 is 9.18 Å². The predicted molar refractivity (Wildman–Crippen MR) is 53.0 cm³/mol. The highest BCUT2D eigenvalue weighted by atomic mass is 35.5. The standard InChI is InChI=1S/C11H10ClFO/c12-10-4-2-8(6-11(10)13)7-1-3-9(14)5-7/h2,4,6-7H,1,3,5H2/t7-/m1/s1. The highest BCUT2D eigenvalue weighted by Gasteiger charge is 2.23. The van der Waals surface area contributed by atoms with Crippen LogP contribution < -0.4 is 0 Å². The van der Waals surface area contributed by atoms with Gasteiger partial charge in [0.05, 0.1) is 5.02 Å². The van der Waals surface area contributed by atoms with Crippen LogP contribution in [0.1, 0.15) is 30.7 Å². The van der Waals surface area contributed by atoms with Crippen LogP contribution in [0.2, 0.25) is 5.02 Å². The average molecular weight is 213 g/mol. The van der Waals surface area contributed by atoms with Crippen LogP contribution in [0.25, 0.3) is 0 Å². The maximum Gasteiger partial charge on any atom is 0.142 e. The first-order valence-corrected chi connectivity index (χ1v) is 5.01. The maximum absolute atomic E-state index is 13.1. The molecular weight excluding hydrogens is 203 g/mol. The molecule has 1 aromatic carbocycles. The van der Waals surface area contributed by atoms with Crippen molar-refractivity contribution in [3.05, 3.63) is 34.6 Å². The first-order valence-electron chi connectivity index (χ1n) is 4.63. The zero-order valence-electron chi connectivity index (χ0n) is 7.59. The van der Waals surface area contributed by atoms with Gasteiger partial charge in [0.1, 0.15) is 11.6 Å². The van der Waals surface area contributed by atoms with Gasteiger partial charge in [-0.15, -0.1) is 0 Å². The monoisotopic (exact) mass is 212 g/mol. The second kappa shape index (κ2) is 3.70. The van der Waals surface area contributed by atoms with E-state index in [4.69, 9.17) is 11.6 Å². The molecule has 1 aliphatic rings. The molecule has 0 bridgehead atoms. The predicted octanol–water partition coefficient (Wildman–Crippen LogP) is 3.32. The average Bonchev–Trinajstić information content (AvgIpc) is 2.57. The van der Waals surface area contributed by atoms with Crippen molar-refractivity contribution in [2.75, 3.05) is 0 Å². The quantitative estimate of drug-likeness (QED) is 0.698. The van der Waals surface area contributed by atoms with Crippen LogP contribution in [-0.2, 0) is 4.79 Å². The molecule has 1 nitrogen and oxygen atoms in total. The number of carbonyl (C=O) groups is 1. The number of hydrogen-bond donors (Lipinski definition) is 0. The molecule has 2 rings (SSSR count). The van der Waals surface area contributed by atoms with Gasteiger partial charge in [-0.25, -0.2) is 4.39 Å². The highest BCUT2D eigenvalue weighted by Crippen LogP contribution is 2.33. The number of ketones is 1. The summed E-state index contributed by atoms with van der Waals surface area (Å²) in [6, 6.07) is 4.79. The van der Waals surface area contributed by atoms with Gasteiger partial charge in [-0.1, -0.05) is 17.7 Å². The Labute approximate surface area is 86.9 Å². The molecule has 1 aromatic rings. The van der Waals surface area contributed by atoms with E-state index < -0.39 is 5.82 Å². The molecule has 0 saturated heterocycles. The van der Waals surface area contributed by atoms with E-state index in [0.717, 1.165) is 12.0 Å². The summed E-state index contributed by atoms with van der Waals surface area (Å²) < 4.78 is 13.1. The largest absolute Gasteiger partial charge is 0.300 e. The summed E-state index contributed by atoms with van der Waals surface area (Å²) in [4.78, 5) is 11.1. The summed E-state index contributed by atoms with van der Waals surface area (Å²) in [6.07, 6.45) is 2.00. The van der Waals surface area contributed by atoms with Gasteiger partial charge in [0.25, 0.3) is 0 Å². The van der Waals surface area contributed by atoms with Crippen molar-refractivity contribution in [2.24, 2.45) is 0 Å². The van der Waals surface area contributed by atoms with Gasteiger partial charge < -0.3 is 0 Å². The molecule has 0 radical (unpaired) electrons. The Hall–Kier alpha value is -0.890. The zero-order chi connectivity index (χ0) is 10.1. The molecule has 0 amide bonds. The Morgan fingerprint density at radius 3 is 2.79 bits per heavy atom. The van der Waals surface area contributed by atoms with Crippen LogP contribution >= 0.6 is 11.6 Å². The van der Waals surface area contributed by atoms with Gasteiger partial charge in [-0.2, -0.15) is 0 Å². The lowest BCUT2D eigenvalue weighted by Crippen LogP contribution is -1.95. The van der Waals surface area contributed by atoms with Crippen molar-refractivity contribution in [3.63, 3.8) is 0 Å². The summed E-state index contributed by atoms with van der Waals surface area (Å²) in [7, 11) is 0. The number of hydrogen-bond acceptors (Lipinski definition) is 1. The Morgan fingerprint density at radius 2 is 2.21 bits per heavy atom. The fraction of sp³-hybridized carbons (Fsp3) is 0.364. The molecule has 14 heavy (non-hydrogen) atoms. The van der Waals surface area contributed by atoms with Gasteiger partial charge in [0.15, 0.2) is 0 Å². The number of halogens is 2. The van der Waals surface area contributed by atoms with Crippen LogP contribution in [0.3, 0.4) is 0 Å². The normalized spacial score (nSPS) is 21.6. The molecular formula is C11H10ClFO. The maximum atomic E-state index is 13.1. The van der Waals surface area contributed by atoms with Crippen molar-refractivity contribution in [2.45, 2.75) is 25.2 Å². The second-order valence-corrected chi connectivity index (χ2v) is 4.06. The molecule has 0 spiro atoms. The van der Waals surface area contributed by atoms with Crippen LogP contribution in [0.5, 0.6) is 0 Å². The van der Waals surface area contributed by atoms with Crippen molar-refractivity contribution in [1.82, 2.24) is 0 Å². The molecule has 0 aromatic heterocycles. The van der Waals surface area contributed by atoms with E-state index in [2.05, 4.69) is 0 Å². The molecule has 3 heteroatoms. The first kappa shape index (κ1) is 9.66. The molecule has 74 valence electrons. The fourth-order valence-electron chi connectivity index (χ4n) is 1.86. The van der Waals surface area contributed by atoms with Crippen molar-refractivity contribution in [3.8, 4) is 0 Å². The van der Waals surface area contributed by atoms with E-state index in [1.54, 1.807) is 12.1 Å². The summed E-state index contributed by atoms with van der Waals surface area (Å²) in [5, 5.41) is 0.137. The van der Waals surface area contributed by atoms with Crippen LogP contribution in [-0.4, -0.2) is 5.78 Å². The molecule has 1 fully saturated rings. The minimum atomic E-state index is -0.400. The SMILES string of the molecule is O=C1CC[C@@H](c2ccc(Cl)c(F)c2)C1.